The Kier molecular flexibility index (Phi) is 6.33. The van der Waals surface area contributed by atoms with E-state index in [0.29, 0.717) is 18.3 Å². The highest BCUT2D eigenvalue weighted by atomic mass is 16.4. The Morgan fingerprint density at radius 1 is 1.27 bits per heavy atom. The van der Waals surface area contributed by atoms with Crippen molar-refractivity contribution in [1.82, 2.24) is 10.2 Å². The zero-order valence-electron chi connectivity index (χ0n) is 17.5. The molecule has 1 saturated carbocycles. The van der Waals surface area contributed by atoms with Gasteiger partial charge in [-0.1, -0.05) is 50.3 Å². The smallest absolute Gasteiger partial charge is 0.304 e. The van der Waals surface area contributed by atoms with Crippen LogP contribution in [0.3, 0.4) is 0 Å². The van der Waals surface area contributed by atoms with Crippen molar-refractivity contribution < 1.29 is 9.90 Å². The minimum atomic E-state index is -0.872. The number of allylic oxidation sites excluding steroid dienone is 2. The highest BCUT2D eigenvalue weighted by Crippen LogP contribution is 2.43. The van der Waals surface area contributed by atoms with Crippen LogP contribution in [0.2, 0.25) is 0 Å². The van der Waals surface area contributed by atoms with Gasteiger partial charge in [-0.25, -0.2) is 0 Å². The summed E-state index contributed by atoms with van der Waals surface area (Å²) in [6.45, 7) is 0.832. The van der Waals surface area contributed by atoms with E-state index < -0.39 is 17.6 Å². The topological polar surface area (TPSA) is 101 Å². The van der Waals surface area contributed by atoms with Crippen LogP contribution in [0.5, 0.6) is 0 Å². The molecule has 3 atom stereocenters. The predicted molar refractivity (Wildman–Crippen MR) is 116 cm³/mol. The maximum absolute atomic E-state index is 12.0. The van der Waals surface area contributed by atoms with Gasteiger partial charge >= 0.3 is 5.97 Å². The fourth-order valence-electron chi connectivity index (χ4n) is 5.62. The minimum absolute atomic E-state index is 0.00854. The number of piperidine rings is 1. The Labute approximate surface area is 178 Å². The summed E-state index contributed by atoms with van der Waals surface area (Å²) in [6.07, 6.45) is 19.3. The summed E-state index contributed by atoms with van der Waals surface area (Å²) in [5.41, 5.74) is 0.112. The highest BCUT2D eigenvalue weighted by molar-refractivity contribution is 6.04. The molecule has 1 saturated heterocycles. The van der Waals surface area contributed by atoms with E-state index in [-0.39, 0.29) is 12.5 Å². The molecular weight excluding hydrogens is 378 g/mol. The first kappa shape index (κ1) is 20.8. The van der Waals surface area contributed by atoms with E-state index in [1.54, 1.807) is 0 Å². The lowest BCUT2D eigenvalue weighted by Gasteiger charge is -2.49. The van der Waals surface area contributed by atoms with Gasteiger partial charge in [-0.15, -0.1) is 0 Å². The summed E-state index contributed by atoms with van der Waals surface area (Å²) in [6, 6.07) is 0.313. The third kappa shape index (κ3) is 4.06. The SMILES string of the molecule is N#CN=C1N(C2CCCCCCC2)CCCC1(CC(=O)O)C1N=C2C=CC=CC2N1. The summed E-state index contributed by atoms with van der Waals surface area (Å²) >= 11 is 0. The van der Waals surface area contributed by atoms with Gasteiger partial charge in [0.05, 0.1) is 23.6 Å². The number of carboxylic acids is 1. The van der Waals surface area contributed by atoms with E-state index >= 15 is 0 Å². The second-order valence-corrected chi connectivity index (χ2v) is 8.90. The van der Waals surface area contributed by atoms with Crippen LogP contribution in [-0.4, -0.2) is 52.3 Å². The quantitative estimate of drug-likeness (QED) is 0.693. The second-order valence-electron chi connectivity index (χ2n) is 8.90. The normalized spacial score (nSPS) is 33.5. The number of likely N-dealkylation sites (tertiary alicyclic amines) is 1. The molecule has 7 heteroatoms. The Bertz CT molecular complexity index is 816. The van der Waals surface area contributed by atoms with E-state index in [9.17, 15) is 15.2 Å². The van der Waals surface area contributed by atoms with Crippen LogP contribution in [0.1, 0.15) is 64.2 Å². The van der Waals surface area contributed by atoms with Gasteiger partial charge < -0.3 is 10.0 Å². The highest BCUT2D eigenvalue weighted by Gasteiger charge is 2.52. The first-order chi connectivity index (χ1) is 14.6. The van der Waals surface area contributed by atoms with Crippen LogP contribution < -0.4 is 5.32 Å². The predicted octanol–water partition coefficient (Wildman–Crippen LogP) is 3.40. The van der Waals surface area contributed by atoms with Crippen LogP contribution in [0.4, 0.5) is 0 Å². The molecule has 0 bridgehead atoms. The number of fused-ring (bicyclic) bond motifs is 1. The molecule has 7 nitrogen and oxygen atoms in total. The van der Waals surface area contributed by atoms with Crippen molar-refractivity contribution in [3.05, 3.63) is 24.3 Å². The van der Waals surface area contributed by atoms with Gasteiger partial charge in [0.1, 0.15) is 12.0 Å². The molecule has 0 radical (unpaired) electrons. The van der Waals surface area contributed by atoms with Crippen molar-refractivity contribution in [2.75, 3.05) is 6.54 Å². The number of nitrogens with zero attached hydrogens (tertiary/aromatic N) is 4. The van der Waals surface area contributed by atoms with E-state index in [4.69, 9.17) is 4.99 Å². The molecule has 0 amide bonds. The number of carboxylic acid groups (broad SMARTS) is 1. The molecule has 0 aromatic carbocycles. The Balaban J connectivity index is 1.71. The van der Waals surface area contributed by atoms with Crippen molar-refractivity contribution in [1.29, 1.82) is 5.26 Å². The third-order valence-electron chi connectivity index (χ3n) is 7.02. The van der Waals surface area contributed by atoms with Crippen LogP contribution in [0.25, 0.3) is 0 Å². The fraction of sp³-hybridized carbons (Fsp3) is 0.652. The Morgan fingerprint density at radius 3 is 2.73 bits per heavy atom. The molecule has 2 fully saturated rings. The number of nitrogens with one attached hydrogen (secondary N) is 1. The fourth-order valence-corrected chi connectivity index (χ4v) is 5.62. The van der Waals surface area contributed by atoms with Gasteiger partial charge in [0.25, 0.3) is 0 Å². The monoisotopic (exact) mass is 409 g/mol. The molecule has 30 heavy (non-hydrogen) atoms. The van der Waals surface area contributed by atoms with E-state index in [1.165, 1.54) is 32.1 Å². The van der Waals surface area contributed by atoms with Gasteiger partial charge in [0, 0.05) is 12.6 Å². The number of amidine groups is 1. The lowest BCUT2D eigenvalue weighted by atomic mass is 9.72. The number of hydrogen-bond donors (Lipinski definition) is 2. The van der Waals surface area contributed by atoms with E-state index in [2.05, 4.69) is 15.2 Å². The van der Waals surface area contributed by atoms with Crippen molar-refractivity contribution >= 4 is 17.5 Å². The van der Waals surface area contributed by atoms with Crippen molar-refractivity contribution in [3.8, 4) is 6.19 Å². The zero-order chi connectivity index (χ0) is 21.0. The van der Waals surface area contributed by atoms with E-state index in [1.807, 2.05) is 30.5 Å². The lowest BCUT2D eigenvalue weighted by molar-refractivity contribution is -0.139. The first-order valence-corrected chi connectivity index (χ1v) is 11.3. The molecule has 2 heterocycles. The van der Waals surface area contributed by atoms with Crippen LogP contribution >= 0.6 is 0 Å². The van der Waals surface area contributed by atoms with Gasteiger partial charge in [-0.2, -0.15) is 10.3 Å². The average molecular weight is 410 g/mol. The van der Waals surface area contributed by atoms with E-state index in [0.717, 1.165) is 31.5 Å². The summed E-state index contributed by atoms with van der Waals surface area (Å²) in [4.78, 5) is 23.5. The third-order valence-corrected chi connectivity index (χ3v) is 7.02. The van der Waals surface area contributed by atoms with Gasteiger partial charge in [0.15, 0.2) is 0 Å². The Hall–Kier alpha value is -2.46. The summed E-state index contributed by atoms with van der Waals surface area (Å²) in [7, 11) is 0. The number of aliphatic carboxylic acids is 1. The summed E-state index contributed by atoms with van der Waals surface area (Å²) in [5.74, 6) is -0.235. The molecule has 0 aromatic rings. The molecule has 0 spiro atoms. The molecule has 2 aliphatic carbocycles. The van der Waals surface area contributed by atoms with Crippen molar-refractivity contribution in [2.45, 2.75) is 82.5 Å². The number of nitriles is 1. The number of aliphatic imine (C=N–C) groups is 2. The maximum Gasteiger partial charge on any atom is 0.304 e. The van der Waals surface area contributed by atoms with Gasteiger partial charge in [-0.05, 0) is 31.8 Å². The second kappa shape index (κ2) is 9.13. The van der Waals surface area contributed by atoms with Gasteiger partial charge in [-0.3, -0.25) is 15.1 Å². The van der Waals surface area contributed by atoms with Crippen LogP contribution in [0.15, 0.2) is 34.3 Å². The summed E-state index contributed by atoms with van der Waals surface area (Å²) < 4.78 is 0. The molecule has 4 aliphatic rings. The number of hydrogen-bond acceptors (Lipinski definition) is 5. The molecule has 4 rings (SSSR count). The van der Waals surface area contributed by atoms with Crippen LogP contribution in [-0.2, 0) is 4.79 Å². The molecule has 0 aromatic heterocycles. The summed E-state index contributed by atoms with van der Waals surface area (Å²) in [5, 5.41) is 22.9. The maximum atomic E-state index is 12.0. The van der Waals surface area contributed by atoms with Crippen molar-refractivity contribution in [2.24, 2.45) is 15.4 Å². The first-order valence-electron chi connectivity index (χ1n) is 11.3. The standard InChI is InChI=1S/C23H31N5O2/c24-16-25-22-23(15-20(29)30,21-26-18-11-6-7-12-19(18)27-21)13-8-14-28(22)17-9-4-2-1-3-5-10-17/h6-7,11-12,17-18,21,26H,1-5,8-10,13-15H2,(H,29,30). The Morgan fingerprint density at radius 2 is 2.03 bits per heavy atom. The molecular formula is C23H31N5O2. The zero-order valence-corrected chi connectivity index (χ0v) is 17.5. The lowest BCUT2D eigenvalue weighted by Crippen LogP contribution is -2.60. The molecule has 160 valence electrons. The van der Waals surface area contributed by atoms with Gasteiger partial charge in [0.2, 0.25) is 6.19 Å². The number of rotatable bonds is 4. The van der Waals surface area contributed by atoms with Crippen LogP contribution in [0, 0.1) is 16.9 Å². The molecule has 3 unspecified atom stereocenters. The largest absolute Gasteiger partial charge is 0.481 e. The minimum Gasteiger partial charge on any atom is -0.481 e. The molecule has 2 aliphatic heterocycles. The van der Waals surface area contributed by atoms with Crippen molar-refractivity contribution in [3.63, 3.8) is 0 Å². The number of carbonyl (C=O) groups is 1. The average Bonchev–Trinajstić information content (AvgIpc) is 3.14. The molecule has 2 N–H and O–H groups in total.